The molecule has 0 amide bonds. The molecule has 5 nitrogen and oxygen atoms in total. The van der Waals surface area contributed by atoms with Crippen molar-refractivity contribution >= 4 is 71.4 Å². The van der Waals surface area contributed by atoms with Gasteiger partial charge in [0.05, 0.1) is 22.1 Å². The molecule has 2 unspecified atom stereocenters. The van der Waals surface area contributed by atoms with Crippen LogP contribution in [0.15, 0.2) is 196 Å². The number of para-hydroxylation sites is 4. The molecule has 1 N–H and O–H groups in total. The van der Waals surface area contributed by atoms with Crippen LogP contribution < -0.4 is 5.32 Å². The lowest BCUT2D eigenvalue weighted by molar-refractivity contribution is 0.379. The lowest BCUT2D eigenvalue weighted by Crippen LogP contribution is -2.39. The van der Waals surface area contributed by atoms with E-state index >= 15 is 0 Å². The first kappa shape index (κ1) is 33.0. The zero-order chi connectivity index (χ0) is 38.3. The van der Waals surface area contributed by atoms with Crippen molar-refractivity contribution in [2.75, 3.05) is 0 Å². The van der Waals surface area contributed by atoms with Gasteiger partial charge >= 0.3 is 0 Å². The molecule has 0 saturated carbocycles. The van der Waals surface area contributed by atoms with E-state index in [0.29, 0.717) is 0 Å². The second-order valence-electron chi connectivity index (χ2n) is 15.5. The maximum Gasteiger partial charge on any atom is 0.143 e. The Morgan fingerprint density at radius 2 is 1.09 bits per heavy atom. The first-order valence-corrected chi connectivity index (χ1v) is 20.0. The van der Waals surface area contributed by atoms with Crippen molar-refractivity contribution in [1.29, 1.82) is 0 Å². The molecular weight excluding hydrogens is 711 g/mol. The number of nitrogens with one attached hydrogen (secondary N) is 1. The summed E-state index contributed by atoms with van der Waals surface area (Å²) in [6.45, 7) is 2.27. The topological polar surface area (TPSA) is 55.6 Å². The molecule has 1 aliphatic heterocycles. The molecule has 3 aromatic heterocycles. The highest BCUT2D eigenvalue weighted by atomic mass is 16.3. The highest BCUT2D eigenvalue weighted by Gasteiger charge is 2.33. The second kappa shape index (κ2) is 12.9. The summed E-state index contributed by atoms with van der Waals surface area (Å²) in [5, 5.41) is 10.6. The molecule has 5 heteroatoms. The van der Waals surface area contributed by atoms with E-state index in [-0.39, 0.29) is 18.1 Å². The molecule has 0 fully saturated rings. The maximum absolute atomic E-state index is 6.91. The largest absolute Gasteiger partial charge is 0.455 e. The van der Waals surface area contributed by atoms with Gasteiger partial charge < -0.3 is 13.4 Å². The van der Waals surface area contributed by atoms with Gasteiger partial charge in [0.2, 0.25) is 0 Å². The molecular formula is C53H37N3O2. The zero-order valence-corrected chi connectivity index (χ0v) is 31.8. The summed E-state index contributed by atoms with van der Waals surface area (Å²) in [7, 11) is 0. The van der Waals surface area contributed by atoms with Gasteiger partial charge in [-0.25, -0.2) is 0 Å². The fraction of sp³-hybridized carbons (Fsp3) is 0.0755. The van der Waals surface area contributed by atoms with E-state index in [0.717, 1.165) is 77.5 Å². The highest BCUT2D eigenvalue weighted by Crippen LogP contribution is 2.44. The summed E-state index contributed by atoms with van der Waals surface area (Å²) < 4.78 is 16.1. The van der Waals surface area contributed by atoms with Crippen molar-refractivity contribution in [3.05, 3.63) is 199 Å². The number of rotatable bonds is 5. The van der Waals surface area contributed by atoms with E-state index in [1.807, 2.05) is 0 Å². The van der Waals surface area contributed by atoms with E-state index in [1.165, 1.54) is 27.4 Å². The van der Waals surface area contributed by atoms with Crippen LogP contribution in [0.5, 0.6) is 0 Å². The van der Waals surface area contributed by atoms with E-state index in [4.69, 9.17) is 13.8 Å². The predicted molar refractivity (Wildman–Crippen MR) is 238 cm³/mol. The van der Waals surface area contributed by atoms with E-state index in [1.54, 1.807) is 0 Å². The van der Waals surface area contributed by atoms with Crippen molar-refractivity contribution in [3.8, 4) is 16.8 Å². The molecule has 0 spiro atoms. The van der Waals surface area contributed by atoms with Gasteiger partial charge in [0, 0.05) is 55.7 Å². The van der Waals surface area contributed by atoms with Crippen molar-refractivity contribution in [2.45, 2.75) is 19.1 Å². The Bertz CT molecular complexity index is 3350. The predicted octanol–water partition coefficient (Wildman–Crippen LogP) is 13.7. The minimum atomic E-state index is -0.171. The summed E-state index contributed by atoms with van der Waals surface area (Å²) in [6, 6.07) is 64.5. The lowest BCUT2D eigenvalue weighted by Gasteiger charge is -2.35. The van der Waals surface area contributed by atoms with Crippen LogP contribution in [0.25, 0.3) is 82.5 Å². The zero-order valence-electron chi connectivity index (χ0n) is 31.8. The Labute approximate surface area is 334 Å². The monoisotopic (exact) mass is 747 g/mol. The van der Waals surface area contributed by atoms with Gasteiger partial charge in [-0.15, -0.1) is 0 Å². The Balaban J connectivity index is 1.01. The number of nitrogens with zero attached hydrogens (tertiary/aromatic N) is 2. The van der Waals surface area contributed by atoms with E-state index < -0.39 is 0 Å². The van der Waals surface area contributed by atoms with E-state index in [2.05, 4.69) is 199 Å². The Kier molecular flexibility index (Phi) is 7.34. The quantitative estimate of drug-likeness (QED) is 0.191. The number of fused-ring (bicyclic) bond motifs is 9. The smallest absolute Gasteiger partial charge is 0.143 e. The molecule has 0 bridgehead atoms. The molecule has 58 heavy (non-hydrogen) atoms. The van der Waals surface area contributed by atoms with Crippen LogP contribution in [0.4, 0.5) is 0 Å². The Morgan fingerprint density at radius 1 is 0.500 bits per heavy atom. The molecule has 0 aliphatic carbocycles. The fourth-order valence-electron chi connectivity index (χ4n) is 9.53. The summed E-state index contributed by atoms with van der Waals surface area (Å²) in [5.41, 5.74) is 13.3. The molecule has 276 valence electrons. The van der Waals surface area contributed by atoms with Gasteiger partial charge in [-0.05, 0) is 53.1 Å². The summed E-state index contributed by atoms with van der Waals surface area (Å²) in [6.07, 6.45) is -0.171. The number of furan rings is 2. The standard InChI is InChI=1S/C53H37N3O2/c1-32-49(33-15-4-2-5-16-33)54-53(34-17-6-3-7-18-34)55-50(32)35-29-30-38-39-21-12-22-40(51(39)58-47(38)31-35)41-23-13-24-42-48-45(27-14-28-46(48)57-52(41)42)56-43-25-10-8-19-36(43)37-20-9-11-26-44(37)56/h2-32,49,53-54H,1H3/t32-,49?,53?/m0/s1. The van der Waals surface area contributed by atoms with Crippen molar-refractivity contribution < 1.29 is 8.83 Å². The maximum atomic E-state index is 6.91. The SMILES string of the molecule is C[C@@H]1C(c2ccc3c(c2)oc2c(-c4cccc5c4oc4cccc(-n6c7ccccc7c7ccccc76)c45)cccc23)=NC(c2ccccc2)NC1c1ccccc1. The first-order chi connectivity index (χ1) is 28.7. The average Bonchev–Trinajstić information content (AvgIpc) is 3.97. The van der Waals surface area contributed by atoms with Crippen LogP contribution in [0.1, 0.15) is 35.8 Å². The highest BCUT2D eigenvalue weighted by molar-refractivity contribution is 6.18. The number of hydrogen-bond donors (Lipinski definition) is 1. The Hall–Kier alpha value is -7.21. The van der Waals surface area contributed by atoms with Crippen LogP contribution in [0, 0.1) is 5.92 Å². The summed E-state index contributed by atoms with van der Waals surface area (Å²) in [5.74, 6) is 0.123. The van der Waals surface area contributed by atoms with Crippen LogP contribution in [-0.4, -0.2) is 10.3 Å². The summed E-state index contributed by atoms with van der Waals surface area (Å²) in [4.78, 5) is 5.37. The molecule has 8 aromatic carbocycles. The fourth-order valence-corrected chi connectivity index (χ4v) is 9.53. The third kappa shape index (κ3) is 4.97. The minimum absolute atomic E-state index is 0.0941. The number of aromatic nitrogens is 1. The normalized spacial score (nSPS) is 17.3. The molecule has 1 aliphatic rings. The molecule has 12 rings (SSSR count). The summed E-state index contributed by atoms with van der Waals surface area (Å²) >= 11 is 0. The number of benzene rings is 8. The van der Waals surface area contributed by atoms with Gasteiger partial charge in [-0.1, -0.05) is 153 Å². The third-order valence-corrected chi connectivity index (χ3v) is 12.2. The van der Waals surface area contributed by atoms with Crippen molar-refractivity contribution in [3.63, 3.8) is 0 Å². The molecule has 0 radical (unpaired) electrons. The third-order valence-electron chi connectivity index (χ3n) is 12.2. The minimum Gasteiger partial charge on any atom is -0.455 e. The number of hydrogen-bond acceptors (Lipinski definition) is 4. The van der Waals surface area contributed by atoms with Gasteiger partial charge in [0.15, 0.2) is 0 Å². The van der Waals surface area contributed by atoms with Gasteiger partial charge in [-0.3, -0.25) is 10.3 Å². The number of aliphatic imine (C=N–C) groups is 1. The molecule has 0 saturated heterocycles. The van der Waals surface area contributed by atoms with Gasteiger partial charge in [-0.2, -0.15) is 0 Å². The second-order valence-corrected chi connectivity index (χ2v) is 15.5. The van der Waals surface area contributed by atoms with Gasteiger partial charge in [0.1, 0.15) is 28.5 Å². The van der Waals surface area contributed by atoms with Crippen LogP contribution in [0.3, 0.4) is 0 Å². The van der Waals surface area contributed by atoms with Crippen molar-refractivity contribution in [1.82, 2.24) is 9.88 Å². The lowest BCUT2D eigenvalue weighted by atomic mass is 9.85. The van der Waals surface area contributed by atoms with Crippen LogP contribution >= 0.6 is 0 Å². The van der Waals surface area contributed by atoms with Crippen molar-refractivity contribution in [2.24, 2.45) is 10.9 Å². The molecule has 3 atom stereocenters. The average molecular weight is 748 g/mol. The van der Waals surface area contributed by atoms with Crippen LogP contribution in [0.2, 0.25) is 0 Å². The van der Waals surface area contributed by atoms with Crippen LogP contribution in [-0.2, 0) is 0 Å². The Morgan fingerprint density at radius 3 is 1.81 bits per heavy atom. The first-order valence-electron chi connectivity index (χ1n) is 20.0. The molecule has 11 aromatic rings. The van der Waals surface area contributed by atoms with E-state index in [9.17, 15) is 0 Å². The molecule has 4 heterocycles. The van der Waals surface area contributed by atoms with Gasteiger partial charge in [0.25, 0.3) is 0 Å².